The zero-order chi connectivity index (χ0) is 17.5. The highest BCUT2D eigenvalue weighted by molar-refractivity contribution is 5.71. The van der Waals surface area contributed by atoms with Gasteiger partial charge in [-0.25, -0.2) is 9.18 Å². The van der Waals surface area contributed by atoms with Crippen molar-refractivity contribution in [2.24, 2.45) is 0 Å². The van der Waals surface area contributed by atoms with E-state index in [0.29, 0.717) is 17.5 Å². The number of rotatable bonds is 4. The summed E-state index contributed by atoms with van der Waals surface area (Å²) >= 11 is 0. The third kappa shape index (κ3) is 7.86. The second-order valence-corrected chi connectivity index (χ2v) is 5.85. The van der Waals surface area contributed by atoms with Gasteiger partial charge in [0.25, 0.3) is 0 Å². The van der Waals surface area contributed by atoms with Gasteiger partial charge in [0.2, 0.25) is 0 Å². The number of nitrogens with one attached hydrogen (secondary N) is 1. The minimum atomic E-state index is -1.01. The molecule has 0 aliphatic rings. The molecule has 0 aliphatic heterocycles. The van der Waals surface area contributed by atoms with Gasteiger partial charge in [-0.2, -0.15) is 0 Å². The van der Waals surface area contributed by atoms with Gasteiger partial charge in [-0.1, -0.05) is 17.9 Å². The van der Waals surface area contributed by atoms with Gasteiger partial charge in [0.05, 0.1) is 6.42 Å². The van der Waals surface area contributed by atoms with E-state index in [2.05, 4.69) is 17.2 Å². The predicted molar refractivity (Wildman–Crippen MR) is 83.5 cm³/mol. The molecule has 1 rings (SSSR count). The summed E-state index contributed by atoms with van der Waals surface area (Å²) in [5.74, 6) is 4.03. The molecule has 0 radical (unpaired) electrons. The standard InChI is InChI=1S/C17H20FNO4/c1-17(2,3)23-16(22)19-9-5-4-6-12-10-14(18)8-7-13(12)11-15(20)21/h7-8,10H,5,9,11H2,1-3H3,(H,19,22)(H,20,21). The molecule has 0 atom stereocenters. The predicted octanol–water partition coefficient (Wildman–Crippen LogP) is 2.72. The molecule has 0 bridgehead atoms. The van der Waals surface area contributed by atoms with Crippen molar-refractivity contribution in [1.82, 2.24) is 5.32 Å². The van der Waals surface area contributed by atoms with Crippen LogP contribution in [0.3, 0.4) is 0 Å². The molecule has 0 heterocycles. The Balaban J connectivity index is 2.58. The Labute approximate surface area is 134 Å². The lowest BCUT2D eigenvalue weighted by Gasteiger charge is -2.19. The van der Waals surface area contributed by atoms with E-state index in [9.17, 15) is 14.0 Å². The average molecular weight is 321 g/mol. The Kier molecular flexibility index (Phi) is 6.58. The molecule has 0 fully saturated rings. The second kappa shape index (κ2) is 8.18. The van der Waals surface area contributed by atoms with Crippen LogP contribution in [0.4, 0.5) is 9.18 Å². The molecule has 1 aromatic carbocycles. The summed E-state index contributed by atoms with van der Waals surface area (Å²) in [6, 6.07) is 3.81. The molecule has 2 N–H and O–H groups in total. The van der Waals surface area contributed by atoms with Crippen molar-refractivity contribution in [2.45, 2.75) is 39.2 Å². The Morgan fingerprint density at radius 1 is 1.35 bits per heavy atom. The zero-order valence-electron chi connectivity index (χ0n) is 13.4. The van der Waals surface area contributed by atoms with Gasteiger partial charge in [0.15, 0.2) is 0 Å². The summed E-state index contributed by atoms with van der Waals surface area (Å²) in [6.07, 6.45) is -0.417. The van der Waals surface area contributed by atoms with Crippen LogP contribution in [0, 0.1) is 17.7 Å². The van der Waals surface area contributed by atoms with Crippen LogP contribution in [0.15, 0.2) is 18.2 Å². The number of ether oxygens (including phenoxy) is 1. The van der Waals surface area contributed by atoms with Crippen LogP contribution >= 0.6 is 0 Å². The van der Waals surface area contributed by atoms with Crippen LogP contribution in [0.2, 0.25) is 0 Å². The SMILES string of the molecule is CC(C)(C)OC(=O)NCCC#Cc1cc(F)ccc1CC(=O)O. The van der Waals surface area contributed by atoms with Crippen LogP contribution in [-0.4, -0.2) is 29.3 Å². The highest BCUT2D eigenvalue weighted by Crippen LogP contribution is 2.11. The van der Waals surface area contributed by atoms with E-state index in [1.165, 1.54) is 18.2 Å². The van der Waals surface area contributed by atoms with E-state index in [1.54, 1.807) is 20.8 Å². The maximum atomic E-state index is 13.2. The molecule has 0 aliphatic carbocycles. The summed E-state index contributed by atoms with van der Waals surface area (Å²) in [4.78, 5) is 22.2. The number of hydrogen-bond acceptors (Lipinski definition) is 3. The lowest BCUT2D eigenvalue weighted by atomic mass is 10.0. The van der Waals surface area contributed by atoms with Gasteiger partial charge >= 0.3 is 12.1 Å². The summed E-state index contributed by atoms with van der Waals surface area (Å²) in [5.41, 5.74) is 0.222. The third-order valence-electron chi connectivity index (χ3n) is 2.55. The van der Waals surface area contributed by atoms with Crippen LogP contribution in [0.1, 0.15) is 38.3 Å². The van der Waals surface area contributed by atoms with E-state index in [0.717, 1.165) is 0 Å². The molecule has 0 saturated carbocycles. The van der Waals surface area contributed by atoms with Crippen molar-refractivity contribution in [3.8, 4) is 11.8 Å². The van der Waals surface area contributed by atoms with Crippen LogP contribution < -0.4 is 5.32 Å². The number of hydrogen-bond donors (Lipinski definition) is 2. The maximum Gasteiger partial charge on any atom is 0.407 e. The Morgan fingerprint density at radius 3 is 2.65 bits per heavy atom. The third-order valence-corrected chi connectivity index (χ3v) is 2.55. The molecule has 0 aromatic heterocycles. The molecule has 1 aromatic rings. The van der Waals surface area contributed by atoms with Gasteiger partial charge in [-0.3, -0.25) is 4.79 Å². The van der Waals surface area contributed by atoms with Crippen molar-refractivity contribution in [2.75, 3.05) is 6.54 Å². The zero-order valence-corrected chi connectivity index (χ0v) is 13.4. The van der Waals surface area contributed by atoms with Gasteiger partial charge in [-0.05, 0) is 38.5 Å². The first-order valence-corrected chi connectivity index (χ1v) is 7.13. The van der Waals surface area contributed by atoms with Gasteiger partial charge in [0.1, 0.15) is 11.4 Å². The Morgan fingerprint density at radius 2 is 2.04 bits per heavy atom. The monoisotopic (exact) mass is 321 g/mol. The van der Waals surface area contributed by atoms with Crippen molar-refractivity contribution in [3.05, 3.63) is 35.1 Å². The number of aliphatic carboxylic acids is 1. The fraction of sp³-hybridized carbons (Fsp3) is 0.412. The Bertz CT molecular complexity index is 638. The second-order valence-electron chi connectivity index (χ2n) is 5.85. The first-order valence-electron chi connectivity index (χ1n) is 7.13. The topological polar surface area (TPSA) is 75.6 Å². The highest BCUT2D eigenvalue weighted by Gasteiger charge is 2.15. The highest BCUT2D eigenvalue weighted by atomic mass is 19.1. The van der Waals surface area contributed by atoms with Crippen molar-refractivity contribution in [3.63, 3.8) is 0 Å². The molecule has 5 nitrogen and oxygen atoms in total. The van der Waals surface area contributed by atoms with E-state index in [1.807, 2.05) is 0 Å². The quantitative estimate of drug-likeness (QED) is 0.660. The van der Waals surface area contributed by atoms with Crippen molar-refractivity contribution < 1.29 is 23.8 Å². The minimum absolute atomic E-state index is 0.222. The Hall–Kier alpha value is -2.55. The summed E-state index contributed by atoms with van der Waals surface area (Å²) in [6.45, 7) is 5.58. The van der Waals surface area contributed by atoms with E-state index < -0.39 is 23.5 Å². The molecule has 6 heteroatoms. The number of carboxylic acids is 1. The van der Waals surface area contributed by atoms with Crippen LogP contribution in [0.5, 0.6) is 0 Å². The molecular weight excluding hydrogens is 301 g/mol. The van der Waals surface area contributed by atoms with Gasteiger partial charge in [-0.15, -0.1) is 0 Å². The fourth-order valence-electron chi connectivity index (χ4n) is 1.68. The van der Waals surface area contributed by atoms with Gasteiger partial charge in [0, 0.05) is 18.5 Å². The molecular formula is C17H20FNO4. The number of carbonyl (C=O) groups is 2. The molecule has 0 unspecified atom stereocenters. The van der Waals surface area contributed by atoms with Gasteiger partial charge < -0.3 is 15.2 Å². The molecule has 23 heavy (non-hydrogen) atoms. The molecule has 124 valence electrons. The normalized spacial score (nSPS) is 10.4. The lowest BCUT2D eigenvalue weighted by molar-refractivity contribution is -0.136. The summed E-state index contributed by atoms with van der Waals surface area (Å²) in [7, 11) is 0. The first-order chi connectivity index (χ1) is 10.7. The number of carboxylic acid groups (broad SMARTS) is 1. The largest absolute Gasteiger partial charge is 0.481 e. The number of alkyl carbamates (subject to hydrolysis) is 1. The molecule has 1 amide bonds. The molecule has 0 saturated heterocycles. The number of benzene rings is 1. The summed E-state index contributed by atoms with van der Waals surface area (Å²) < 4.78 is 18.3. The number of carbonyl (C=O) groups excluding carboxylic acids is 1. The lowest BCUT2D eigenvalue weighted by Crippen LogP contribution is -2.32. The van der Waals surface area contributed by atoms with Crippen LogP contribution in [-0.2, 0) is 16.0 Å². The van der Waals surface area contributed by atoms with Crippen molar-refractivity contribution >= 4 is 12.1 Å². The van der Waals surface area contributed by atoms with Crippen LogP contribution in [0.25, 0.3) is 0 Å². The van der Waals surface area contributed by atoms with Crippen molar-refractivity contribution in [1.29, 1.82) is 0 Å². The summed E-state index contributed by atoms with van der Waals surface area (Å²) in [5, 5.41) is 11.4. The number of amides is 1. The average Bonchev–Trinajstić information content (AvgIpc) is 2.38. The van der Waals surface area contributed by atoms with E-state index in [-0.39, 0.29) is 13.0 Å². The fourth-order valence-corrected chi connectivity index (χ4v) is 1.68. The van der Waals surface area contributed by atoms with E-state index >= 15 is 0 Å². The first kappa shape index (κ1) is 18.5. The van der Waals surface area contributed by atoms with E-state index in [4.69, 9.17) is 9.84 Å². The number of halogens is 1. The smallest absolute Gasteiger partial charge is 0.407 e. The minimum Gasteiger partial charge on any atom is -0.481 e. The molecule has 0 spiro atoms. The maximum absolute atomic E-state index is 13.2.